The maximum absolute atomic E-state index is 13.5. The van der Waals surface area contributed by atoms with Crippen molar-refractivity contribution in [3.63, 3.8) is 0 Å². The van der Waals surface area contributed by atoms with Crippen LogP contribution in [-0.2, 0) is 0 Å². The molecule has 6 heteroatoms. The Morgan fingerprint density at radius 1 is 1.07 bits per heavy atom. The lowest BCUT2D eigenvalue weighted by Crippen LogP contribution is -3.11. The Kier molecular flexibility index (Phi) is 6.06. The summed E-state index contributed by atoms with van der Waals surface area (Å²) >= 11 is 3.43. The summed E-state index contributed by atoms with van der Waals surface area (Å²) in [6.45, 7) is 8.06. The van der Waals surface area contributed by atoms with E-state index in [9.17, 15) is 9.59 Å². The molecule has 1 amide bonds. The minimum Gasteiger partial charge on any atom is -0.450 e. The Morgan fingerprint density at radius 2 is 1.80 bits per heavy atom. The largest absolute Gasteiger partial charge is 0.450 e. The first-order chi connectivity index (χ1) is 14.5. The number of carbonyl (C=O) groups excluding carboxylic acids is 1. The number of halogens is 1. The zero-order chi connectivity index (χ0) is 21.3. The summed E-state index contributed by atoms with van der Waals surface area (Å²) in [4.78, 5) is 30.1. The fraction of sp³-hybridized carbons (Fsp3) is 0.333. The molecule has 5 nitrogen and oxygen atoms in total. The highest BCUT2D eigenvalue weighted by molar-refractivity contribution is 9.10. The number of hydrogen-bond donors (Lipinski definition) is 1. The predicted molar refractivity (Wildman–Crippen MR) is 121 cm³/mol. The van der Waals surface area contributed by atoms with Crippen LogP contribution in [-0.4, -0.2) is 37.0 Å². The van der Waals surface area contributed by atoms with Gasteiger partial charge in [0.15, 0.2) is 5.43 Å². The van der Waals surface area contributed by atoms with Gasteiger partial charge in [-0.05, 0) is 37.6 Å². The van der Waals surface area contributed by atoms with Gasteiger partial charge >= 0.3 is 0 Å². The molecule has 1 aromatic heterocycles. The number of fused-ring (bicyclic) bond motifs is 2. The van der Waals surface area contributed by atoms with E-state index in [2.05, 4.69) is 29.8 Å². The highest BCUT2D eigenvalue weighted by Gasteiger charge is 2.42. The molecule has 2 aromatic carbocycles. The maximum atomic E-state index is 13.5. The topological polar surface area (TPSA) is 55.0 Å². The Hall–Kier alpha value is -2.44. The molecule has 156 valence electrons. The van der Waals surface area contributed by atoms with Gasteiger partial charge in [-0.15, -0.1) is 0 Å². The van der Waals surface area contributed by atoms with Gasteiger partial charge in [0.25, 0.3) is 5.91 Å². The van der Waals surface area contributed by atoms with Gasteiger partial charge in [-0.2, -0.15) is 0 Å². The summed E-state index contributed by atoms with van der Waals surface area (Å²) in [6.07, 6.45) is 0.874. The van der Waals surface area contributed by atoms with Crippen molar-refractivity contribution in [1.82, 2.24) is 4.90 Å². The van der Waals surface area contributed by atoms with Crippen molar-refractivity contribution in [3.8, 4) is 0 Å². The number of carbonyl (C=O) groups is 1. The van der Waals surface area contributed by atoms with Gasteiger partial charge in [-0.1, -0.05) is 46.3 Å². The number of quaternary nitrogens is 1. The lowest BCUT2D eigenvalue weighted by Gasteiger charge is -2.26. The third kappa shape index (κ3) is 3.70. The Bertz CT molecular complexity index is 1120. The third-order valence-corrected chi connectivity index (χ3v) is 6.47. The molecule has 1 N–H and O–H groups in total. The standard InChI is InChI=1S/C24H25BrN2O3/c1-3-26(4-2)13-8-14-27-21(16-9-6-5-7-10-16)20-22(28)18-15-17(25)11-12-19(18)30-23(20)24(27)29/h5-7,9-12,15,21H,3-4,8,13-14H2,1-2H3/p+1. The molecule has 1 aliphatic rings. The highest BCUT2D eigenvalue weighted by atomic mass is 79.9. The highest BCUT2D eigenvalue weighted by Crippen LogP contribution is 2.38. The second-order valence-electron chi connectivity index (χ2n) is 7.69. The quantitative estimate of drug-likeness (QED) is 0.576. The second-order valence-corrected chi connectivity index (χ2v) is 8.60. The van der Waals surface area contributed by atoms with Crippen molar-refractivity contribution in [1.29, 1.82) is 0 Å². The van der Waals surface area contributed by atoms with Crippen LogP contribution in [0.3, 0.4) is 0 Å². The summed E-state index contributed by atoms with van der Waals surface area (Å²) in [5.74, 6) is -0.0193. The third-order valence-electron chi connectivity index (χ3n) is 5.97. The number of hydrogen-bond acceptors (Lipinski definition) is 3. The molecule has 0 saturated heterocycles. The van der Waals surface area contributed by atoms with E-state index >= 15 is 0 Å². The van der Waals surface area contributed by atoms with Crippen molar-refractivity contribution >= 4 is 32.8 Å². The lowest BCUT2D eigenvalue weighted by atomic mass is 9.98. The van der Waals surface area contributed by atoms with Crippen LogP contribution in [0.15, 0.2) is 62.2 Å². The molecule has 0 fully saturated rings. The van der Waals surface area contributed by atoms with Gasteiger partial charge in [-0.25, -0.2) is 0 Å². The van der Waals surface area contributed by atoms with Crippen LogP contribution in [0.4, 0.5) is 0 Å². The van der Waals surface area contributed by atoms with Gasteiger partial charge < -0.3 is 14.2 Å². The number of rotatable bonds is 7. The Morgan fingerprint density at radius 3 is 2.50 bits per heavy atom. The lowest BCUT2D eigenvalue weighted by molar-refractivity contribution is -0.896. The van der Waals surface area contributed by atoms with Gasteiger partial charge in [0, 0.05) is 17.4 Å². The van der Waals surface area contributed by atoms with Crippen LogP contribution in [0.2, 0.25) is 0 Å². The summed E-state index contributed by atoms with van der Waals surface area (Å²) < 4.78 is 6.79. The van der Waals surface area contributed by atoms with Gasteiger partial charge in [0.2, 0.25) is 5.76 Å². The van der Waals surface area contributed by atoms with Crippen LogP contribution in [0.1, 0.15) is 48.0 Å². The minimum atomic E-state index is -0.417. The molecule has 1 aliphatic heterocycles. The number of nitrogens with zero attached hydrogens (tertiary/aromatic N) is 1. The SMILES string of the molecule is CC[NH+](CC)CCCN1C(=O)c2oc3ccc(Br)cc3c(=O)c2C1c1ccccc1. The average molecular weight is 470 g/mol. The van der Waals surface area contributed by atoms with Crippen LogP contribution in [0, 0.1) is 0 Å². The van der Waals surface area contributed by atoms with Gasteiger partial charge in [0.1, 0.15) is 5.58 Å². The molecule has 1 unspecified atom stereocenters. The summed E-state index contributed by atoms with van der Waals surface area (Å²) in [5, 5.41) is 0.492. The number of nitrogens with one attached hydrogen (secondary N) is 1. The maximum Gasteiger partial charge on any atom is 0.290 e. The average Bonchev–Trinajstić information content (AvgIpc) is 3.04. The molecule has 0 bridgehead atoms. The summed E-state index contributed by atoms with van der Waals surface area (Å²) in [5.41, 5.74) is 1.69. The van der Waals surface area contributed by atoms with Crippen LogP contribution < -0.4 is 10.3 Å². The minimum absolute atomic E-state index is 0.133. The normalized spacial score (nSPS) is 15.9. The molecule has 0 saturated carbocycles. The van der Waals surface area contributed by atoms with Crippen LogP contribution >= 0.6 is 15.9 Å². The molecule has 3 aromatic rings. The fourth-order valence-corrected chi connectivity index (χ4v) is 4.67. The second kappa shape index (κ2) is 8.74. The van der Waals surface area contributed by atoms with E-state index in [1.54, 1.807) is 12.1 Å². The van der Waals surface area contributed by atoms with Gasteiger partial charge in [0.05, 0.1) is 36.6 Å². The van der Waals surface area contributed by atoms with E-state index in [4.69, 9.17) is 4.42 Å². The van der Waals surface area contributed by atoms with E-state index in [-0.39, 0.29) is 17.1 Å². The van der Waals surface area contributed by atoms with E-state index in [1.165, 1.54) is 4.90 Å². The predicted octanol–water partition coefficient (Wildman–Crippen LogP) is 3.42. The van der Waals surface area contributed by atoms with Crippen molar-refractivity contribution in [3.05, 3.63) is 80.1 Å². The van der Waals surface area contributed by atoms with E-state index in [0.717, 1.165) is 36.1 Å². The van der Waals surface area contributed by atoms with Crippen molar-refractivity contribution in [2.24, 2.45) is 0 Å². The Labute approximate surface area is 184 Å². The molecule has 0 radical (unpaired) electrons. The van der Waals surface area contributed by atoms with Crippen molar-refractivity contribution in [2.75, 3.05) is 26.2 Å². The van der Waals surface area contributed by atoms with E-state index in [1.807, 2.05) is 41.3 Å². The summed E-state index contributed by atoms with van der Waals surface area (Å²) in [6, 6.07) is 14.7. The van der Waals surface area contributed by atoms with E-state index in [0.29, 0.717) is 23.1 Å². The van der Waals surface area contributed by atoms with Gasteiger partial charge in [-0.3, -0.25) is 9.59 Å². The molecule has 0 aliphatic carbocycles. The first-order valence-electron chi connectivity index (χ1n) is 10.5. The molecular weight excluding hydrogens is 444 g/mol. The molecule has 4 rings (SSSR count). The smallest absolute Gasteiger partial charge is 0.290 e. The first-order valence-corrected chi connectivity index (χ1v) is 11.3. The molecule has 1 atom stereocenters. The van der Waals surface area contributed by atoms with E-state index < -0.39 is 6.04 Å². The zero-order valence-corrected chi connectivity index (χ0v) is 18.9. The number of amides is 1. The molecular formula is C24H26BrN2O3+. The monoisotopic (exact) mass is 469 g/mol. The van der Waals surface area contributed by atoms with Crippen LogP contribution in [0.5, 0.6) is 0 Å². The number of benzene rings is 2. The van der Waals surface area contributed by atoms with Crippen LogP contribution in [0.25, 0.3) is 11.0 Å². The van der Waals surface area contributed by atoms with Crippen molar-refractivity contribution < 1.29 is 14.1 Å². The zero-order valence-electron chi connectivity index (χ0n) is 17.3. The molecule has 2 heterocycles. The molecule has 0 spiro atoms. The summed E-state index contributed by atoms with van der Waals surface area (Å²) in [7, 11) is 0. The molecule has 30 heavy (non-hydrogen) atoms. The Balaban J connectivity index is 1.79. The van der Waals surface area contributed by atoms with Crippen molar-refractivity contribution in [2.45, 2.75) is 26.3 Å². The fourth-order valence-electron chi connectivity index (χ4n) is 4.31. The first kappa shape index (κ1) is 20.8.